The fourth-order valence-corrected chi connectivity index (χ4v) is 5.55. The van der Waals surface area contributed by atoms with Gasteiger partial charge in [0.05, 0.1) is 17.8 Å². The lowest BCUT2D eigenvalue weighted by atomic mass is 9.96. The largest absolute Gasteiger partial charge is 0.352 e. The Bertz CT molecular complexity index is 1420. The molecule has 0 unspecified atom stereocenters. The van der Waals surface area contributed by atoms with Crippen LogP contribution < -0.4 is 10.6 Å². The second-order valence-electron chi connectivity index (χ2n) is 9.49. The highest BCUT2D eigenvalue weighted by atomic mass is 32.1. The SMILES string of the molecule is Cc1cccc(NC(=O)CCN2C(=S)N[C@@H](c3ccccn3)[C@H]2c2cc(C)n(-c3ccccc3)c2C)c1. The van der Waals surface area contributed by atoms with Crippen molar-refractivity contribution in [3.05, 3.63) is 113 Å². The third kappa shape index (κ3) is 5.13. The summed E-state index contributed by atoms with van der Waals surface area (Å²) in [7, 11) is 0. The van der Waals surface area contributed by atoms with Gasteiger partial charge in [-0.1, -0.05) is 36.4 Å². The van der Waals surface area contributed by atoms with Gasteiger partial charge >= 0.3 is 0 Å². The molecule has 3 heterocycles. The van der Waals surface area contributed by atoms with E-state index in [1.165, 1.54) is 5.56 Å². The second kappa shape index (κ2) is 10.6. The minimum Gasteiger partial charge on any atom is -0.352 e. The minimum absolute atomic E-state index is 0.0387. The first-order valence-electron chi connectivity index (χ1n) is 12.5. The van der Waals surface area contributed by atoms with E-state index in [0.717, 1.165) is 34.0 Å². The number of pyridine rings is 1. The van der Waals surface area contributed by atoms with Gasteiger partial charge in [0.2, 0.25) is 5.91 Å². The Hall–Kier alpha value is -3.97. The average molecular weight is 510 g/mol. The lowest BCUT2D eigenvalue weighted by molar-refractivity contribution is -0.116. The number of carbonyl (C=O) groups excluding carboxylic acids is 1. The first-order valence-corrected chi connectivity index (χ1v) is 12.9. The van der Waals surface area contributed by atoms with Gasteiger partial charge in [0.15, 0.2) is 5.11 Å². The van der Waals surface area contributed by atoms with Crippen molar-refractivity contribution in [3.8, 4) is 5.69 Å². The fraction of sp³-hybridized carbons (Fsp3) is 0.233. The number of hydrogen-bond donors (Lipinski definition) is 2. The fourth-order valence-electron chi connectivity index (χ4n) is 5.21. The predicted octanol–water partition coefficient (Wildman–Crippen LogP) is 5.80. The molecular weight excluding hydrogens is 478 g/mol. The van der Waals surface area contributed by atoms with Crippen LogP contribution in [0.3, 0.4) is 0 Å². The molecule has 0 aliphatic carbocycles. The zero-order valence-corrected chi connectivity index (χ0v) is 22.1. The Balaban J connectivity index is 1.46. The number of aromatic nitrogens is 2. The zero-order valence-electron chi connectivity index (χ0n) is 21.3. The summed E-state index contributed by atoms with van der Waals surface area (Å²) in [6.07, 6.45) is 2.13. The summed E-state index contributed by atoms with van der Waals surface area (Å²) in [5, 5.41) is 7.15. The summed E-state index contributed by atoms with van der Waals surface area (Å²) in [4.78, 5) is 19.7. The van der Waals surface area contributed by atoms with Crippen LogP contribution in [0.1, 0.15) is 46.7 Å². The van der Waals surface area contributed by atoms with Gasteiger partial charge in [-0.15, -0.1) is 0 Å². The smallest absolute Gasteiger partial charge is 0.226 e. The number of hydrogen-bond acceptors (Lipinski definition) is 3. The van der Waals surface area contributed by atoms with E-state index in [4.69, 9.17) is 12.2 Å². The molecule has 6 nitrogen and oxygen atoms in total. The number of thiocarbonyl (C=S) groups is 1. The molecule has 1 amide bonds. The molecule has 1 saturated heterocycles. The van der Waals surface area contributed by atoms with Crippen LogP contribution >= 0.6 is 12.2 Å². The molecule has 1 aliphatic rings. The predicted molar refractivity (Wildman–Crippen MR) is 152 cm³/mol. The van der Waals surface area contributed by atoms with Gasteiger partial charge in [-0.25, -0.2) is 0 Å². The molecule has 2 aromatic heterocycles. The van der Waals surface area contributed by atoms with Crippen LogP contribution in [-0.4, -0.2) is 32.0 Å². The molecule has 4 aromatic rings. The van der Waals surface area contributed by atoms with Gasteiger partial charge in [0, 0.05) is 41.9 Å². The lowest BCUT2D eigenvalue weighted by Crippen LogP contribution is -2.32. The third-order valence-electron chi connectivity index (χ3n) is 6.88. The van der Waals surface area contributed by atoms with E-state index in [2.05, 4.69) is 69.3 Å². The Labute approximate surface area is 223 Å². The quantitative estimate of drug-likeness (QED) is 0.309. The van der Waals surface area contributed by atoms with E-state index in [1.807, 2.05) is 61.7 Å². The highest BCUT2D eigenvalue weighted by Gasteiger charge is 2.41. The number of para-hydroxylation sites is 1. The number of nitrogens with one attached hydrogen (secondary N) is 2. The van der Waals surface area contributed by atoms with Crippen LogP contribution in [0.4, 0.5) is 5.69 Å². The number of carbonyl (C=O) groups is 1. The molecule has 1 fully saturated rings. The van der Waals surface area contributed by atoms with Gasteiger partial charge in [0.25, 0.3) is 0 Å². The molecule has 5 rings (SSSR count). The standard InChI is InChI=1S/C30H31N5OS/c1-20-10-9-11-23(18-20)32-27(36)15-17-34-29(28(33-30(34)37)26-14-7-8-16-31-26)25-19-21(2)35(22(25)3)24-12-5-4-6-13-24/h4-14,16,18-19,28-29H,15,17H2,1-3H3,(H,32,36)(H,33,37)/t28-,29+/m0/s1. The topological polar surface area (TPSA) is 62.2 Å². The first-order chi connectivity index (χ1) is 17.9. The van der Waals surface area contributed by atoms with Crippen LogP contribution in [0.2, 0.25) is 0 Å². The molecule has 1 aliphatic heterocycles. The van der Waals surface area contributed by atoms with Crippen molar-refractivity contribution in [2.75, 3.05) is 11.9 Å². The summed E-state index contributed by atoms with van der Waals surface area (Å²) in [5.41, 5.74) is 7.42. The van der Waals surface area contributed by atoms with E-state index >= 15 is 0 Å². The maximum atomic E-state index is 12.9. The van der Waals surface area contributed by atoms with Gasteiger partial charge in [-0.2, -0.15) is 0 Å². The molecule has 188 valence electrons. The second-order valence-corrected chi connectivity index (χ2v) is 9.87. The van der Waals surface area contributed by atoms with Crippen LogP contribution in [0.25, 0.3) is 5.69 Å². The summed E-state index contributed by atoms with van der Waals surface area (Å²) in [5.74, 6) is -0.0387. The molecule has 0 radical (unpaired) electrons. The van der Waals surface area contributed by atoms with Gasteiger partial charge in [-0.05, 0) is 86.6 Å². The van der Waals surface area contributed by atoms with E-state index in [-0.39, 0.29) is 18.0 Å². The maximum Gasteiger partial charge on any atom is 0.226 e. The number of amides is 1. The van der Waals surface area contributed by atoms with Crippen molar-refractivity contribution < 1.29 is 4.79 Å². The molecule has 0 saturated carbocycles. The summed E-state index contributed by atoms with van der Waals surface area (Å²) >= 11 is 5.82. The molecule has 0 spiro atoms. The third-order valence-corrected chi connectivity index (χ3v) is 7.24. The molecule has 2 atom stereocenters. The normalized spacial score (nSPS) is 17.1. The van der Waals surface area contributed by atoms with Crippen LogP contribution in [0.15, 0.2) is 85.1 Å². The van der Waals surface area contributed by atoms with E-state index in [9.17, 15) is 4.79 Å². The van der Waals surface area contributed by atoms with Gasteiger partial charge < -0.3 is 20.1 Å². The highest BCUT2D eigenvalue weighted by Crippen LogP contribution is 2.41. The Morgan fingerprint density at radius 1 is 1.00 bits per heavy atom. The number of nitrogens with zero attached hydrogens (tertiary/aromatic N) is 3. The van der Waals surface area contributed by atoms with Crippen molar-refractivity contribution >= 4 is 28.9 Å². The molecule has 0 bridgehead atoms. The minimum atomic E-state index is -0.127. The summed E-state index contributed by atoms with van der Waals surface area (Å²) < 4.78 is 2.27. The van der Waals surface area contributed by atoms with Crippen molar-refractivity contribution in [1.82, 2.24) is 19.8 Å². The van der Waals surface area contributed by atoms with Crippen molar-refractivity contribution in [2.24, 2.45) is 0 Å². The van der Waals surface area contributed by atoms with E-state index in [1.54, 1.807) is 0 Å². The zero-order chi connectivity index (χ0) is 25.9. The number of benzene rings is 2. The Morgan fingerprint density at radius 2 is 1.78 bits per heavy atom. The van der Waals surface area contributed by atoms with Gasteiger partial charge in [0.1, 0.15) is 0 Å². The monoisotopic (exact) mass is 509 g/mol. The average Bonchev–Trinajstić information content (AvgIpc) is 3.38. The highest BCUT2D eigenvalue weighted by molar-refractivity contribution is 7.80. The Morgan fingerprint density at radius 3 is 2.51 bits per heavy atom. The van der Waals surface area contributed by atoms with Crippen molar-refractivity contribution in [2.45, 2.75) is 39.3 Å². The first kappa shape index (κ1) is 24.7. The van der Waals surface area contributed by atoms with Crippen LogP contribution in [0, 0.1) is 20.8 Å². The van der Waals surface area contributed by atoms with Crippen molar-refractivity contribution in [1.29, 1.82) is 0 Å². The molecule has 37 heavy (non-hydrogen) atoms. The maximum absolute atomic E-state index is 12.9. The van der Waals surface area contributed by atoms with Crippen molar-refractivity contribution in [3.63, 3.8) is 0 Å². The van der Waals surface area contributed by atoms with Gasteiger partial charge in [-0.3, -0.25) is 9.78 Å². The molecular formula is C30H31N5OS. The number of rotatable bonds is 7. The summed E-state index contributed by atoms with van der Waals surface area (Å²) in [6.45, 7) is 6.78. The van der Waals surface area contributed by atoms with E-state index in [0.29, 0.717) is 18.1 Å². The lowest BCUT2D eigenvalue weighted by Gasteiger charge is -2.28. The molecule has 2 N–H and O–H groups in total. The van der Waals surface area contributed by atoms with Crippen LogP contribution in [-0.2, 0) is 4.79 Å². The molecule has 2 aromatic carbocycles. The summed E-state index contributed by atoms with van der Waals surface area (Å²) in [6, 6.07) is 26.1. The number of aryl methyl sites for hydroxylation is 2. The number of anilines is 1. The Kier molecular flexibility index (Phi) is 7.06. The molecule has 7 heteroatoms. The van der Waals surface area contributed by atoms with E-state index < -0.39 is 0 Å². The van der Waals surface area contributed by atoms with Crippen LogP contribution in [0.5, 0.6) is 0 Å².